The van der Waals surface area contributed by atoms with Gasteiger partial charge in [-0.25, -0.2) is 0 Å². The van der Waals surface area contributed by atoms with Crippen molar-refractivity contribution in [1.29, 1.82) is 0 Å². The molecule has 0 atom stereocenters. The van der Waals surface area contributed by atoms with Gasteiger partial charge in [-0.2, -0.15) is 0 Å². The van der Waals surface area contributed by atoms with Crippen molar-refractivity contribution >= 4 is 24.0 Å². The summed E-state index contributed by atoms with van der Waals surface area (Å²) in [6.45, 7) is 0. The van der Waals surface area contributed by atoms with Gasteiger partial charge in [0.25, 0.3) is 0 Å². The molecule has 0 spiro atoms. The fourth-order valence-corrected chi connectivity index (χ4v) is 1.24. The van der Waals surface area contributed by atoms with Gasteiger partial charge in [0.2, 0.25) is 0 Å². The van der Waals surface area contributed by atoms with Crippen molar-refractivity contribution in [2.75, 3.05) is 0 Å². The summed E-state index contributed by atoms with van der Waals surface area (Å²) in [6, 6.07) is 0. The Hall–Kier alpha value is 1.14. The van der Waals surface area contributed by atoms with Crippen LogP contribution in [0.1, 0.15) is 19.3 Å². The Kier molecular flexibility index (Phi) is 9.37. The first-order valence-corrected chi connectivity index (χ1v) is 5.02. The standard InChI is InChI=1S/C5H8F3.HI.Zn/c1-2-3-4-5(6,7)8;;/h1-4H2;1H;. The van der Waals surface area contributed by atoms with Gasteiger partial charge in [-0.15, -0.1) is 24.0 Å². The fraction of sp³-hybridized carbons (Fsp3) is 1.00. The van der Waals surface area contributed by atoms with Crippen LogP contribution in [0, 0.1) is 0 Å². The third kappa shape index (κ3) is 11.9. The zero-order valence-electron chi connectivity index (χ0n) is 5.58. The van der Waals surface area contributed by atoms with Crippen molar-refractivity contribution in [2.45, 2.75) is 30.5 Å². The topological polar surface area (TPSA) is 0 Å². The Morgan fingerprint density at radius 2 is 1.60 bits per heavy atom. The molecule has 0 radical (unpaired) electrons. The van der Waals surface area contributed by atoms with Crippen molar-refractivity contribution in [1.82, 2.24) is 0 Å². The van der Waals surface area contributed by atoms with Gasteiger partial charge in [0.1, 0.15) is 0 Å². The molecule has 0 bridgehead atoms. The van der Waals surface area contributed by atoms with Gasteiger partial charge in [-0.1, -0.05) is 0 Å². The van der Waals surface area contributed by atoms with E-state index in [0.29, 0.717) is 6.42 Å². The summed E-state index contributed by atoms with van der Waals surface area (Å²) < 4.78 is 34.2. The molecule has 10 heavy (non-hydrogen) atoms. The van der Waals surface area contributed by atoms with Gasteiger partial charge in [-0.3, -0.25) is 0 Å². The van der Waals surface area contributed by atoms with Crippen LogP contribution in [0.4, 0.5) is 13.2 Å². The molecule has 59 valence electrons. The molecule has 0 N–H and O–H groups in total. The van der Waals surface area contributed by atoms with E-state index in [1.807, 2.05) is 0 Å². The van der Waals surface area contributed by atoms with Gasteiger partial charge >= 0.3 is 61.9 Å². The molecule has 0 aromatic carbocycles. The molecule has 0 saturated heterocycles. The summed E-state index contributed by atoms with van der Waals surface area (Å²) in [5.41, 5.74) is 0. The Morgan fingerprint density at radius 1 is 1.10 bits per heavy atom. The minimum atomic E-state index is -3.94. The van der Waals surface area contributed by atoms with E-state index in [0.717, 1.165) is 29.7 Å². The summed E-state index contributed by atoms with van der Waals surface area (Å²) >= 11 is 1.11. The fourth-order valence-electron chi connectivity index (χ4n) is 0.502. The largest absolute Gasteiger partial charge is 0.107 e. The van der Waals surface area contributed by atoms with Crippen molar-refractivity contribution < 1.29 is 31.5 Å². The van der Waals surface area contributed by atoms with Crippen LogP contribution < -0.4 is 0 Å². The summed E-state index contributed by atoms with van der Waals surface area (Å²) in [5, 5.41) is 0.968. The molecule has 0 aromatic rings. The predicted octanol–water partition coefficient (Wildman–Crippen LogP) is 3.30. The van der Waals surface area contributed by atoms with Gasteiger partial charge in [0, 0.05) is 0 Å². The molecule has 0 aliphatic rings. The number of hydrogen-bond acceptors (Lipinski definition) is 0. The summed E-state index contributed by atoms with van der Waals surface area (Å²) in [5.74, 6) is 0. The molecule has 0 rings (SSSR count). The van der Waals surface area contributed by atoms with E-state index >= 15 is 0 Å². The van der Waals surface area contributed by atoms with Crippen LogP contribution in [-0.4, -0.2) is 6.18 Å². The van der Waals surface area contributed by atoms with Crippen LogP contribution in [0.2, 0.25) is 5.02 Å². The number of unbranched alkanes of at least 4 members (excludes halogenated alkanes) is 1. The van der Waals surface area contributed by atoms with Crippen LogP contribution in [0.3, 0.4) is 0 Å². The Bertz CT molecular complexity index is 73.8. The molecule has 0 fully saturated rings. The molecule has 5 heteroatoms. The van der Waals surface area contributed by atoms with Gasteiger partial charge in [0.05, 0.1) is 0 Å². The van der Waals surface area contributed by atoms with E-state index in [1.165, 1.54) is 0 Å². The molecule has 0 heterocycles. The smallest absolute Gasteiger partial charge is 0.107 e. The SMILES string of the molecule is FC(F)(F)CCC[CH2][Zn].I. The van der Waals surface area contributed by atoms with E-state index in [4.69, 9.17) is 0 Å². The van der Waals surface area contributed by atoms with E-state index < -0.39 is 12.6 Å². The second-order valence-electron chi connectivity index (χ2n) is 1.93. The van der Waals surface area contributed by atoms with Crippen LogP contribution in [-0.2, 0) is 18.3 Å². The number of rotatable bonds is 3. The Labute approximate surface area is 85.6 Å². The van der Waals surface area contributed by atoms with Gasteiger partial charge in [0.15, 0.2) is 0 Å². The molecule has 0 aliphatic carbocycles. The van der Waals surface area contributed by atoms with Gasteiger partial charge < -0.3 is 0 Å². The Balaban J connectivity index is 0. The first-order chi connectivity index (χ1) is 4.06. The van der Waals surface area contributed by atoms with Crippen molar-refractivity contribution in [3.63, 3.8) is 0 Å². The molecule has 0 aromatic heterocycles. The summed E-state index contributed by atoms with van der Waals surface area (Å²) in [4.78, 5) is 0. The number of alkyl halides is 3. The second kappa shape index (κ2) is 6.83. The third-order valence-electron chi connectivity index (χ3n) is 0.960. The minimum absolute atomic E-state index is 0. The van der Waals surface area contributed by atoms with Crippen molar-refractivity contribution in [3.05, 3.63) is 0 Å². The molecular weight excluding hydrogens is 309 g/mol. The van der Waals surface area contributed by atoms with E-state index in [2.05, 4.69) is 0 Å². The maximum Gasteiger partial charge on any atom is -0.107 e. The predicted molar refractivity (Wildman–Crippen MR) is 40.1 cm³/mol. The first-order valence-electron chi connectivity index (χ1n) is 2.92. The van der Waals surface area contributed by atoms with Crippen molar-refractivity contribution in [3.8, 4) is 0 Å². The average Bonchev–Trinajstić information content (AvgIpc) is 1.63. The third-order valence-corrected chi connectivity index (χ3v) is 2.01. The maximum absolute atomic E-state index is 11.4. The first kappa shape index (κ1) is 13.7. The van der Waals surface area contributed by atoms with Crippen LogP contribution in [0.5, 0.6) is 0 Å². The molecular formula is C5H9F3IZn. The van der Waals surface area contributed by atoms with E-state index in [1.54, 1.807) is 0 Å². The molecule has 0 amide bonds. The van der Waals surface area contributed by atoms with Crippen molar-refractivity contribution in [2.24, 2.45) is 0 Å². The number of hydrogen-bond donors (Lipinski definition) is 0. The zero-order chi connectivity index (χ0) is 7.33. The summed E-state index contributed by atoms with van der Waals surface area (Å²) in [6.07, 6.45) is -3.49. The quantitative estimate of drug-likeness (QED) is 0.425. The average molecular weight is 318 g/mol. The normalized spacial score (nSPS) is 10.9. The van der Waals surface area contributed by atoms with E-state index in [-0.39, 0.29) is 24.0 Å². The molecule has 0 saturated carbocycles. The number of halogens is 4. The molecule has 0 aliphatic heterocycles. The van der Waals surface area contributed by atoms with Crippen LogP contribution in [0.25, 0.3) is 0 Å². The van der Waals surface area contributed by atoms with Crippen LogP contribution in [0.15, 0.2) is 0 Å². The second-order valence-corrected chi connectivity index (χ2v) is 3.41. The molecule has 0 nitrogen and oxygen atoms in total. The Morgan fingerprint density at radius 3 is 1.90 bits per heavy atom. The van der Waals surface area contributed by atoms with Gasteiger partial charge in [-0.05, 0) is 0 Å². The minimum Gasteiger partial charge on any atom is -0.107 e. The maximum atomic E-state index is 11.4. The van der Waals surface area contributed by atoms with Crippen LogP contribution >= 0.6 is 24.0 Å². The summed E-state index contributed by atoms with van der Waals surface area (Å²) in [7, 11) is 0. The molecule has 0 unspecified atom stereocenters. The zero-order valence-corrected chi connectivity index (χ0v) is 10.9. The monoisotopic (exact) mass is 317 g/mol. The van der Waals surface area contributed by atoms with E-state index in [9.17, 15) is 13.2 Å².